The maximum absolute atomic E-state index is 12.2. The van der Waals surface area contributed by atoms with Crippen molar-refractivity contribution in [1.82, 2.24) is 34.9 Å². The van der Waals surface area contributed by atoms with Gasteiger partial charge >= 0.3 is 6.01 Å². The molecule has 6 rings (SSSR count). The molecule has 206 valence electrons. The molecular formula is C29H38N8O2. The number of anilines is 1. The molecule has 0 bridgehead atoms. The van der Waals surface area contributed by atoms with E-state index < -0.39 is 0 Å². The van der Waals surface area contributed by atoms with E-state index in [-0.39, 0.29) is 11.9 Å². The Labute approximate surface area is 229 Å². The van der Waals surface area contributed by atoms with Crippen molar-refractivity contribution in [3.05, 3.63) is 53.4 Å². The molecule has 1 N–H and O–H groups in total. The number of carbonyl (C=O) groups excluding carboxylic acids is 1. The van der Waals surface area contributed by atoms with Gasteiger partial charge in [0, 0.05) is 62.2 Å². The molecule has 2 saturated heterocycles. The summed E-state index contributed by atoms with van der Waals surface area (Å²) in [6, 6.07) is 5.27. The SMILES string of the molecule is C=CC(=O)N1CCN(c2nc(OCC3CCCN3C)nc3c2CN(C)C(c2c(C)ccc4[nH]ncc24)C3)CC1. The van der Waals surface area contributed by atoms with Crippen molar-refractivity contribution in [1.29, 1.82) is 0 Å². The van der Waals surface area contributed by atoms with Crippen LogP contribution >= 0.6 is 0 Å². The smallest absolute Gasteiger partial charge is 0.318 e. The highest BCUT2D eigenvalue weighted by Crippen LogP contribution is 2.39. The monoisotopic (exact) mass is 530 g/mol. The third-order valence-corrected chi connectivity index (χ3v) is 8.74. The van der Waals surface area contributed by atoms with Gasteiger partial charge in [-0.3, -0.25) is 14.8 Å². The fourth-order valence-electron chi connectivity index (χ4n) is 6.39. The van der Waals surface area contributed by atoms with Crippen LogP contribution in [0.4, 0.5) is 5.82 Å². The van der Waals surface area contributed by atoms with Gasteiger partial charge in [0.25, 0.3) is 0 Å². The molecule has 3 aliphatic heterocycles. The summed E-state index contributed by atoms with van der Waals surface area (Å²) in [6.07, 6.45) is 6.42. The van der Waals surface area contributed by atoms with E-state index in [1.54, 1.807) is 0 Å². The lowest BCUT2D eigenvalue weighted by Gasteiger charge is -2.39. The van der Waals surface area contributed by atoms with Crippen LogP contribution in [0.3, 0.4) is 0 Å². The number of hydrogen-bond acceptors (Lipinski definition) is 8. The molecule has 1 amide bonds. The first-order chi connectivity index (χ1) is 18.9. The fraction of sp³-hybridized carbons (Fsp3) is 0.517. The third-order valence-electron chi connectivity index (χ3n) is 8.74. The third kappa shape index (κ3) is 4.87. The van der Waals surface area contributed by atoms with Gasteiger partial charge in [0.05, 0.1) is 17.4 Å². The van der Waals surface area contributed by atoms with Gasteiger partial charge in [-0.2, -0.15) is 15.1 Å². The number of aromatic nitrogens is 4. The summed E-state index contributed by atoms with van der Waals surface area (Å²) in [7, 11) is 4.33. The maximum Gasteiger partial charge on any atom is 0.318 e. The molecule has 5 heterocycles. The zero-order valence-corrected chi connectivity index (χ0v) is 23.2. The summed E-state index contributed by atoms with van der Waals surface area (Å²) in [6.45, 7) is 11.0. The summed E-state index contributed by atoms with van der Waals surface area (Å²) in [5.74, 6) is 0.916. The van der Waals surface area contributed by atoms with Crippen molar-refractivity contribution in [2.24, 2.45) is 0 Å². The molecule has 2 fully saturated rings. The van der Waals surface area contributed by atoms with Gasteiger partial charge in [0.15, 0.2) is 0 Å². The van der Waals surface area contributed by atoms with Crippen LogP contribution in [0.25, 0.3) is 10.9 Å². The summed E-state index contributed by atoms with van der Waals surface area (Å²) in [5.41, 5.74) is 5.79. The van der Waals surface area contributed by atoms with Crippen LogP contribution in [0.5, 0.6) is 6.01 Å². The lowest BCUT2D eigenvalue weighted by atomic mass is 9.89. The number of likely N-dealkylation sites (N-methyl/N-ethyl adjacent to an activating group) is 2. The predicted octanol–water partition coefficient (Wildman–Crippen LogP) is 2.70. The maximum atomic E-state index is 12.2. The topological polar surface area (TPSA) is 93.7 Å². The van der Waals surface area contributed by atoms with Gasteiger partial charge in [-0.15, -0.1) is 0 Å². The number of carbonyl (C=O) groups is 1. The highest BCUT2D eigenvalue weighted by Gasteiger charge is 2.34. The van der Waals surface area contributed by atoms with Crippen molar-refractivity contribution in [3.8, 4) is 6.01 Å². The lowest BCUT2D eigenvalue weighted by Crippen LogP contribution is -2.49. The van der Waals surface area contributed by atoms with E-state index in [0.717, 1.165) is 53.9 Å². The standard InChI is InChI=1S/C29H38N8O2/c1-5-26(38)36-11-13-37(14-12-36)28-22-17-35(4)25(27-19(2)8-9-23-21(27)16-30-33-23)15-24(22)31-29(32-28)39-18-20-7-6-10-34(20)3/h5,8-9,16,20,25H,1,6-7,10-15,17-18H2,2-4H3,(H,30,33). The molecule has 3 aromatic rings. The Bertz CT molecular complexity index is 1380. The second-order valence-corrected chi connectivity index (χ2v) is 11.1. The van der Waals surface area contributed by atoms with Gasteiger partial charge in [0.2, 0.25) is 5.91 Å². The summed E-state index contributed by atoms with van der Waals surface area (Å²) < 4.78 is 6.29. The predicted molar refractivity (Wildman–Crippen MR) is 151 cm³/mol. The summed E-state index contributed by atoms with van der Waals surface area (Å²) in [5, 5.41) is 8.60. The second kappa shape index (κ2) is 10.6. The average molecular weight is 531 g/mol. The summed E-state index contributed by atoms with van der Waals surface area (Å²) in [4.78, 5) is 31.1. The number of nitrogens with one attached hydrogen (secondary N) is 1. The minimum absolute atomic E-state index is 0.0181. The lowest BCUT2D eigenvalue weighted by molar-refractivity contribution is -0.126. The fourth-order valence-corrected chi connectivity index (χ4v) is 6.39. The second-order valence-electron chi connectivity index (χ2n) is 11.1. The first kappa shape index (κ1) is 25.8. The number of hydrogen-bond donors (Lipinski definition) is 1. The van der Waals surface area contributed by atoms with Crippen LogP contribution in [0.2, 0.25) is 0 Å². The molecule has 1 aromatic carbocycles. The zero-order valence-electron chi connectivity index (χ0n) is 23.2. The number of amides is 1. The molecule has 0 radical (unpaired) electrons. The molecule has 0 aliphatic carbocycles. The van der Waals surface area contributed by atoms with Gasteiger partial charge in [-0.05, 0) is 63.7 Å². The molecule has 2 aromatic heterocycles. The summed E-state index contributed by atoms with van der Waals surface area (Å²) >= 11 is 0. The van der Waals surface area contributed by atoms with Gasteiger partial charge < -0.3 is 19.4 Å². The number of nitrogens with zero attached hydrogens (tertiary/aromatic N) is 7. The Morgan fingerprint density at radius 3 is 2.72 bits per heavy atom. The Balaban J connectivity index is 1.34. The number of piperazine rings is 1. The molecule has 0 spiro atoms. The van der Waals surface area contributed by atoms with Crippen molar-refractivity contribution in [3.63, 3.8) is 0 Å². The van der Waals surface area contributed by atoms with Crippen LogP contribution < -0.4 is 9.64 Å². The number of likely N-dealkylation sites (tertiary alicyclic amines) is 1. The number of benzene rings is 1. The Morgan fingerprint density at radius 1 is 1.15 bits per heavy atom. The van der Waals surface area contributed by atoms with Gasteiger partial charge in [0.1, 0.15) is 12.4 Å². The van der Waals surface area contributed by atoms with Gasteiger partial charge in [-0.1, -0.05) is 12.6 Å². The van der Waals surface area contributed by atoms with Crippen LogP contribution in [-0.2, 0) is 17.8 Å². The van der Waals surface area contributed by atoms with E-state index in [0.29, 0.717) is 44.8 Å². The quantitative estimate of drug-likeness (QED) is 0.487. The van der Waals surface area contributed by atoms with Crippen LogP contribution in [0, 0.1) is 6.92 Å². The Hall–Kier alpha value is -3.50. The Kier molecular flexibility index (Phi) is 6.99. The molecule has 10 nitrogen and oxygen atoms in total. The molecule has 0 saturated carbocycles. The zero-order chi connectivity index (χ0) is 27.1. The number of ether oxygens (including phenoxy) is 1. The van der Waals surface area contributed by atoms with E-state index in [9.17, 15) is 4.79 Å². The highest BCUT2D eigenvalue weighted by atomic mass is 16.5. The van der Waals surface area contributed by atoms with Crippen molar-refractivity contribution >= 4 is 22.6 Å². The van der Waals surface area contributed by atoms with Crippen molar-refractivity contribution in [2.45, 2.75) is 44.8 Å². The normalized spacial score (nSPS) is 22.3. The average Bonchev–Trinajstić information content (AvgIpc) is 3.59. The molecule has 3 aliphatic rings. The number of rotatable bonds is 6. The molecule has 2 unspecified atom stereocenters. The van der Waals surface area contributed by atoms with Crippen LogP contribution in [-0.4, -0.2) is 100 Å². The van der Waals surface area contributed by atoms with Crippen molar-refractivity contribution in [2.75, 3.05) is 58.3 Å². The number of aromatic amines is 1. The van der Waals surface area contributed by atoms with E-state index in [2.05, 4.69) is 64.6 Å². The molecule has 39 heavy (non-hydrogen) atoms. The molecule has 2 atom stereocenters. The van der Waals surface area contributed by atoms with Gasteiger partial charge in [-0.25, -0.2) is 0 Å². The molecule has 10 heteroatoms. The Morgan fingerprint density at radius 2 is 1.97 bits per heavy atom. The van der Waals surface area contributed by atoms with E-state index >= 15 is 0 Å². The number of H-pyrrole nitrogens is 1. The van der Waals surface area contributed by atoms with E-state index in [1.165, 1.54) is 23.6 Å². The first-order valence-electron chi connectivity index (χ1n) is 13.9. The largest absolute Gasteiger partial charge is 0.462 e. The number of aryl methyl sites for hydroxylation is 1. The van der Waals surface area contributed by atoms with E-state index in [1.807, 2.05) is 11.1 Å². The van der Waals surface area contributed by atoms with Crippen LogP contribution in [0.15, 0.2) is 31.0 Å². The number of fused-ring (bicyclic) bond motifs is 2. The first-order valence-corrected chi connectivity index (χ1v) is 13.9. The van der Waals surface area contributed by atoms with Crippen molar-refractivity contribution < 1.29 is 9.53 Å². The molecular weight excluding hydrogens is 492 g/mol. The minimum Gasteiger partial charge on any atom is -0.462 e. The van der Waals surface area contributed by atoms with Crippen LogP contribution in [0.1, 0.15) is 41.3 Å². The van der Waals surface area contributed by atoms with E-state index in [4.69, 9.17) is 14.7 Å². The minimum atomic E-state index is -0.0181. The highest BCUT2D eigenvalue weighted by molar-refractivity contribution is 5.87.